The number of nitrogens with two attached hydrogens (primary N) is 1. The zero-order valence-corrected chi connectivity index (χ0v) is 12.1. The molecule has 1 unspecified atom stereocenters. The number of carbonyl (C=O) groups excluding carboxylic acids is 1. The van der Waals surface area contributed by atoms with Gasteiger partial charge in [-0.1, -0.05) is 30.3 Å². The average molecular weight is 296 g/mol. The van der Waals surface area contributed by atoms with Crippen LogP contribution in [0.4, 0.5) is 0 Å². The Balaban J connectivity index is 1.81. The van der Waals surface area contributed by atoms with Crippen LogP contribution >= 0.6 is 0 Å². The number of benzene rings is 1. The maximum absolute atomic E-state index is 11.9. The Morgan fingerprint density at radius 1 is 1.25 bits per heavy atom. The Morgan fingerprint density at radius 2 is 1.85 bits per heavy atom. The van der Waals surface area contributed by atoms with Gasteiger partial charge >= 0.3 is 0 Å². The van der Waals surface area contributed by atoms with Crippen molar-refractivity contribution in [2.24, 2.45) is 5.73 Å². The largest absolute Gasteiger partial charge is 0.353 e. The van der Waals surface area contributed by atoms with E-state index in [1.807, 2.05) is 30.3 Å². The van der Waals surface area contributed by atoms with Crippen LogP contribution < -0.4 is 11.1 Å². The fourth-order valence-corrected chi connectivity index (χ4v) is 3.83. The summed E-state index contributed by atoms with van der Waals surface area (Å²) in [6.07, 6.45) is 1.20. The van der Waals surface area contributed by atoms with Gasteiger partial charge in [-0.2, -0.15) is 0 Å². The van der Waals surface area contributed by atoms with Gasteiger partial charge in [0.15, 0.2) is 0 Å². The number of carbonyl (C=O) groups is 1. The predicted octanol–water partition coefficient (Wildman–Crippen LogP) is 0.770. The van der Waals surface area contributed by atoms with Crippen molar-refractivity contribution in [1.29, 1.82) is 0 Å². The maximum atomic E-state index is 11.9. The lowest BCUT2D eigenvalue weighted by molar-refractivity contribution is -0.122. The predicted molar refractivity (Wildman–Crippen MR) is 77.8 cm³/mol. The third kappa shape index (κ3) is 4.31. The van der Waals surface area contributed by atoms with Crippen molar-refractivity contribution >= 4 is 15.7 Å². The molecule has 1 atom stereocenters. The van der Waals surface area contributed by atoms with Gasteiger partial charge in [0.2, 0.25) is 5.91 Å². The third-order valence-corrected chi connectivity index (χ3v) is 5.27. The molecule has 3 N–H and O–H groups in total. The molecule has 0 aromatic heterocycles. The Morgan fingerprint density at radius 3 is 2.45 bits per heavy atom. The summed E-state index contributed by atoms with van der Waals surface area (Å²) in [5.41, 5.74) is 6.91. The van der Waals surface area contributed by atoms with E-state index < -0.39 is 9.84 Å². The van der Waals surface area contributed by atoms with E-state index >= 15 is 0 Å². The molecule has 20 heavy (non-hydrogen) atoms. The molecule has 1 fully saturated rings. The fraction of sp³-hybridized carbons (Fsp3) is 0.500. The topological polar surface area (TPSA) is 89.3 Å². The molecule has 1 aliphatic rings. The first-order valence-electron chi connectivity index (χ1n) is 6.76. The lowest BCUT2D eigenvalue weighted by Gasteiger charge is -2.23. The van der Waals surface area contributed by atoms with Crippen molar-refractivity contribution in [2.45, 2.75) is 31.3 Å². The highest BCUT2D eigenvalue weighted by atomic mass is 32.2. The fourth-order valence-electron chi connectivity index (χ4n) is 2.34. The molecular weight excluding hydrogens is 276 g/mol. The van der Waals surface area contributed by atoms with E-state index in [9.17, 15) is 13.2 Å². The van der Waals surface area contributed by atoms with E-state index in [-0.39, 0.29) is 35.9 Å². The van der Waals surface area contributed by atoms with Crippen LogP contribution in [0.25, 0.3) is 0 Å². The standard InChI is InChI=1S/C14H20N2O3S/c15-13(11-4-2-1-3-5-11)10-14(17)16-12-6-8-20(18,19)9-7-12/h1-5,12-13H,6-10,15H2,(H,16,17). The van der Waals surface area contributed by atoms with Crippen LogP contribution in [0.5, 0.6) is 0 Å². The molecule has 1 saturated heterocycles. The van der Waals surface area contributed by atoms with Crippen molar-refractivity contribution in [3.8, 4) is 0 Å². The number of amides is 1. The van der Waals surface area contributed by atoms with Gasteiger partial charge < -0.3 is 11.1 Å². The highest BCUT2D eigenvalue weighted by Gasteiger charge is 2.25. The molecule has 0 saturated carbocycles. The summed E-state index contributed by atoms with van der Waals surface area (Å²) in [5.74, 6) is 0.191. The molecule has 1 aliphatic heterocycles. The lowest BCUT2D eigenvalue weighted by atomic mass is 10.0. The van der Waals surface area contributed by atoms with Gasteiger partial charge in [-0.15, -0.1) is 0 Å². The van der Waals surface area contributed by atoms with E-state index in [1.54, 1.807) is 0 Å². The first-order chi connectivity index (χ1) is 9.46. The molecule has 1 aromatic carbocycles. The number of hydrogen-bond acceptors (Lipinski definition) is 4. The van der Waals surface area contributed by atoms with Crippen LogP contribution in [0.3, 0.4) is 0 Å². The molecule has 1 amide bonds. The molecule has 2 rings (SSSR count). The molecule has 0 radical (unpaired) electrons. The van der Waals surface area contributed by atoms with Gasteiger partial charge in [0, 0.05) is 18.5 Å². The molecular formula is C14H20N2O3S. The molecule has 5 nitrogen and oxygen atoms in total. The van der Waals surface area contributed by atoms with E-state index in [4.69, 9.17) is 5.73 Å². The van der Waals surface area contributed by atoms with Crippen molar-refractivity contribution in [1.82, 2.24) is 5.32 Å². The minimum absolute atomic E-state index is 0.0472. The lowest BCUT2D eigenvalue weighted by Crippen LogP contribution is -2.41. The van der Waals surface area contributed by atoms with Crippen LogP contribution in [-0.2, 0) is 14.6 Å². The summed E-state index contributed by atoms with van der Waals surface area (Å²) in [7, 11) is -2.89. The summed E-state index contributed by atoms with van der Waals surface area (Å²) in [6.45, 7) is 0. The van der Waals surface area contributed by atoms with Crippen LogP contribution in [0.2, 0.25) is 0 Å². The van der Waals surface area contributed by atoms with Gasteiger partial charge in [0.25, 0.3) is 0 Å². The van der Waals surface area contributed by atoms with Crippen LogP contribution in [0.15, 0.2) is 30.3 Å². The molecule has 6 heteroatoms. The second-order valence-electron chi connectivity index (χ2n) is 5.21. The number of sulfone groups is 1. The Hall–Kier alpha value is -1.40. The van der Waals surface area contributed by atoms with E-state index in [0.29, 0.717) is 12.8 Å². The monoisotopic (exact) mass is 296 g/mol. The second-order valence-corrected chi connectivity index (χ2v) is 7.52. The zero-order chi connectivity index (χ0) is 14.6. The highest BCUT2D eigenvalue weighted by molar-refractivity contribution is 7.91. The normalized spacial score (nSPS) is 20.2. The van der Waals surface area contributed by atoms with Crippen LogP contribution in [-0.4, -0.2) is 31.9 Å². The molecule has 1 aromatic rings. The molecule has 1 heterocycles. The summed E-state index contributed by atoms with van der Waals surface area (Å²) in [4.78, 5) is 11.9. The minimum atomic E-state index is -2.89. The first kappa shape index (κ1) is 15.0. The van der Waals surface area contributed by atoms with Crippen LogP contribution in [0, 0.1) is 0 Å². The van der Waals surface area contributed by atoms with Gasteiger partial charge in [0.1, 0.15) is 9.84 Å². The van der Waals surface area contributed by atoms with Gasteiger partial charge in [-0.25, -0.2) is 8.42 Å². The van der Waals surface area contributed by atoms with Crippen LogP contribution in [0.1, 0.15) is 30.9 Å². The van der Waals surface area contributed by atoms with E-state index in [2.05, 4.69) is 5.32 Å². The summed E-state index contributed by atoms with van der Waals surface area (Å²) < 4.78 is 22.6. The Kier molecular flexibility index (Phi) is 4.77. The number of nitrogens with one attached hydrogen (secondary N) is 1. The minimum Gasteiger partial charge on any atom is -0.353 e. The van der Waals surface area contributed by atoms with Gasteiger partial charge in [0.05, 0.1) is 11.5 Å². The molecule has 0 bridgehead atoms. The summed E-state index contributed by atoms with van der Waals surface area (Å²) in [6, 6.07) is 9.09. The maximum Gasteiger partial charge on any atom is 0.222 e. The smallest absolute Gasteiger partial charge is 0.222 e. The quantitative estimate of drug-likeness (QED) is 0.859. The highest BCUT2D eigenvalue weighted by Crippen LogP contribution is 2.15. The first-order valence-corrected chi connectivity index (χ1v) is 8.59. The van der Waals surface area contributed by atoms with Crippen molar-refractivity contribution in [3.05, 3.63) is 35.9 Å². The number of rotatable bonds is 4. The van der Waals surface area contributed by atoms with Gasteiger partial charge in [-0.3, -0.25) is 4.79 Å². The SMILES string of the molecule is NC(CC(=O)NC1CCS(=O)(=O)CC1)c1ccccc1. The van der Waals surface area contributed by atoms with Gasteiger partial charge in [-0.05, 0) is 18.4 Å². The Bertz CT molecular complexity index is 543. The van der Waals surface area contributed by atoms with E-state index in [0.717, 1.165) is 5.56 Å². The third-order valence-electron chi connectivity index (χ3n) is 3.55. The van der Waals surface area contributed by atoms with Crippen molar-refractivity contribution < 1.29 is 13.2 Å². The molecule has 110 valence electrons. The van der Waals surface area contributed by atoms with Crippen molar-refractivity contribution in [2.75, 3.05) is 11.5 Å². The van der Waals surface area contributed by atoms with E-state index in [1.165, 1.54) is 0 Å². The zero-order valence-electron chi connectivity index (χ0n) is 11.3. The average Bonchev–Trinajstić information content (AvgIpc) is 2.42. The second kappa shape index (κ2) is 6.37. The Labute approximate surface area is 119 Å². The van der Waals surface area contributed by atoms with Crippen molar-refractivity contribution in [3.63, 3.8) is 0 Å². The molecule has 0 spiro atoms. The molecule has 0 aliphatic carbocycles. The summed E-state index contributed by atoms with van der Waals surface area (Å²) in [5, 5.41) is 2.87. The summed E-state index contributed by atoms with van der Waals surface area (Å²) >= 11 is 0. The number of hydrogen-bond donors (Lipinski definition) is 2.